The average Bonchev–Trinajstić information content (AvgIpc) is 3.16. The minimum atomic E-state index is 0. The molecule has 0 saturated carbocycles. The lowest BCUT2D eigenvalue weighted by Gasteiger charge is -2.10. The van der Waals surface area contributed by atoms with E-state index in [0.717, 1.165) is 27.1 Å². The third kappa shape index (κ3) is 4.63. The van der Waals surface area contributed by atoms with Crippen LogP contribution in [-0.4, -0.2) is 9.55 Å². The third-order valence-electron chi connectivity index (χ3n) is 4.67. The SMILES string of the molecule is Cl.N#Cc1ccc(Cc2cncn2Cc2ccc(-c3ccccc3)[n+]([O-])c2)cc1. The first-order valence-corrected chi connectivity index (χ1v) is 8.98. The van der Waals surface area contributed by atoms with E-state index >= 15 is 0 Å². The number of halogens is 1. The predicted octanol–water partition coefficient (Wildman–Crippen LogP) is 4.12. The van der Waals surface area contributed by atoms with Gasteiger partial charge in [-0.25, -0.2) is 4.98 Å². The van der Waals surface area contributed by atoms with E-state index in [9.17, 15) is 5.21 Å². The van der Waals surface area contributed by atoms with Crippen molar-refractivity contribution in [2.75, 3.05) is 0 Å². The number of pyridine rings is 1. The lowest BCUT2D eigenvalue weighted by atomic mass is 10.1. The first kappa shape index (κ1) is 20.1. The Morgan fingerprint density at radius 2 is 1.69 bits per heavy atom. The molecule has 0 aliphatic rings. The topological polar surface area (TPSA) is 68.5 Å². The molecule has 0 radical (unpaired) electrons. The molecule has 0 aliphatic carbocycles. The summed E-state index contributed by atoms with van der Waals surface area (Å²) in [5, 5.41) is 21.4. The zero-order valence-electron chi connectivity index (χ0n) is 15.6. The molecule has 5 nitrogen and oxygen atoms in total. The van der Waals surface area contributed by atoms with Gasteiger partial charge in [-0.2, -0.15) is 9.99 Å². The Labute approximate surface area is 175 Å². The van der Waals surface area contributed by atoms with Crippen molar-refractivity contribution in [3.05, 3.63) is 113 Å². The van der Waals surface area contributed by atoms with E-state index < -0.39 is 0 Å². The number of hydrogen-bond acceptors (Lipinski definition) is 3. The molecule has 0 N–H and O–H groups in total. The van der Waals surface area contributed by atoms with Crippen molar-refractivity contribution in [3.63, 3.8) is 0 Å². The zero-order valence-corrected chi connectivity index (χ0v) is 16.4. The van der Waals surface area contributed by atoms with E-state index in [1.54, 1.807) is 12.5 Å². The molecule has 0 bridgehead atoms. The summed E-state index contributed by atoms with van der Waals surface area (Å²) in [6.45, 7) is 0.572. The molecule has 2 aromatic carbocycles. The van der Waals surface area contributed by atoms with Crippen molar-refractivity contribution in [2.45, 2.75) is 13.0 Å². The predicted molar refractivity (Wildman–Crippen MR) is 113 cm³/mol. The second-order valence-electron chi connectivity index (χ2n) is 6.61. The van der Waals surface area contributed by atoms with Gasteiger partial charge in [-0.1, -0.05) is 30.3 Å². The maximum Gasteiger partial charge on any atom is 0.223 e. The number of hydrogen-bond donors (Lipinski definition) is 0. The fourth-order valence-electron chi connectivity index (χ4n) is 3.19. The first-order valence-electron chi connectivity index (χ1n) is 8.98. The molecule has 0 saturated heterocycles. The van der Waals surface area contributed by atoms with Gasteiger partial charge in [-0.3, -0.25) is 0 Å². The fourth-order valence-corrected chi connectivity index (χ4v) is 3.19. The maximum absolute atomic E-state index is 12.5. The van der Waals surface area contributed by atoms with E-state index in [0.29, 0.717) is 24.2 Å². The van der Waals surface area contributed by atoms with E-state index in [4.69, 9.17) is 5.26 Å². The normalized spacial score (nSPS) is 10.2. The zero-order chi connectivity index (χ0) is 19.3. The summed E-state index contributed by atoms with van der Waals surface area (Å²) >= 11 is 0. The number of imidazole rings is 1. The number of aromatic nitrogens is 3. The summed E-state index contributed by atoms with van der Waals surface area (Å²) in [5.41, 5.74) is 5.25. The van der Waals surface area contributed by atoms with Crippen LogP contribution in [0.4, 0.5) is 0 Å². The van der Waals surface area contributed by atoms with Gasteiger partial charge in [0.2, 0.25) is 5.69 Å². The first-order chi connectivity index (χ1) is 13.7. The van der Waals surface area contributed by atoms with Gasteiger partial charge in [-0.05, 0) is 35.9 Å². The number of rotatable bonds is 5. The van der Waals surface area contributed by atoms with Crippen molar-refractivity contribution >= 4 is 12.4 Å². The molecule has 4 rings (SSSR count). The van der Waals surface area contributed by atoms with Crippen LogP contribution in [0.3, 0.4) is 0 Å². The van der Waals surface area contributed by atoms with E-state index in [1.165, 1.54) is 0 Å². The van der Waals surface area contributed by atoms with Gasteiger partial charge in [0.1, 0.15) is 0 Å². The Hall–Kier alpha value is -3.62. The van der Waals surface area contributed by atoms with Crippen LogP contribution in [0.5, 0.6) is 0 Å². The lowest BCUT2D eigenvalue weighted by molar-refractivity contribution is -0.594. The highest BCUT2D eigenvalue weighted by atomic mass is 35.5. The molecule has 4 aromatic rings. The molecule has 2 aromatic heterocycles. The maximum atomic E-state index is 12.5. The molecular weight excluding hydrogens is 384 g/mol. The van der Waals surface area contributed by atoms with Crippen molar-refractivity contribution in [2.24, 2.45) is 0 Å². The molecule has 0 atom stereocenters. The summed E-state index contributed by atoms with van der Waals surface area (Å²) < 4.78 is 2.96. The Kier molecular flexibility index (Phi) is 6.28. The monoisotopic (exact) mass is 402 g/mol. The molecule has 0 spiro atoms. The third-order valence-corrected chi connectivity index (χ3v) is 4.67. The van der Waals surface area contributed by atoms with Crippen LogP contribution in [0.15, 0.2) is 85.5 Å². The smallest absolute Gasteiger partial charge is 0.223 e. The van der Waals surface area contributed by atoms with Gasteiger partial charge in [0, 0.05) is 35.5 Å². The van der Waals surface area contributed by atoms with Crippen molar-refractivity contribution in [3.8, 4) is 17.3 Å². The van der Waals surface area contributed by atoms with Crippen molar-refractivity contribution in [1.29, 1.82) is 5.26 Å². The molecule has 0 fully saturated rings. The van der Waals surface area contributed by atoms with Crippen molar-refractivity contribution in [1.82, 2.24) is 9.55 Å². The van der Waals surface area contributed by atoms with Crippen LogP contribution >= 0.6 is 12.4 Å². The van der Waals surface area contributed by atoms with Crippen LogP contribution in [0, 0.1) is 16.5 Å². The minimum absolute atomic E-state index is 0. The quantitative estimate of drug-likeness (QED) is 0.372. The molecule has 0 amide bonds. The minimum Gasteiger partial charge on any atom is -0.618 e. The molecule has 6 heteroatoms. The summed E-state index contributed by atoms with van der Waals surface area (Å²) in [6.07, 6.45) is 5.94. The highest BCUT2D eigenvalue weighted by Gasteiger charge is 2.11. The molecule has 0 aliphatic heterocycles. The van der Waals surface area contributed by atoms with E-state index in [1.807, 2.05) is 77.5 Å². The van der Waals surface area contributed by atoms with Crippen LogP contribution in [0.2, 0.25) is 0 Å². The van der Waals surface area contributed by atoms with E-state index in [2.05, 4.69) is 11.1 Å². The Bertz CT molecular complexity index is 1130. The Morgan fingerprint density at radius 3 is 2.38 bits per heavy atom. The summed E-state index contributed by atoms with van der Waals surface area (Å²) in [4.78, 5) is 4.26. The Morgan fingerprint density at radius 1 is 0.966 bits per heavy atom. The van der Waals surface area contributed by atoms with Crippen molar-refractivity contribution < 1.29 is 4.73 Å². The Balaban J connectivity index is 0.00000240. The second-order valence-corrected chi connectivity index (χ2v) is 6.61. The summed E-state index contributed by atoms with van der Waals surface area (Å²) in [6, 6.07) is 23.1. The highest BCUT2D eigenvalue weighted by Crippen LogP contribution is 2.16. The van der Waals surface area contributed by atoms with Gasteiger partial charge in [0.05, 0.1) is 24.5 Å². The summed E-state index contributed by atoms with van der Waals surface area (Å²) in [7, 11) is 0. The number of nitrogens with zero attached hydrogens (tertiary/aromatic N) is 4. The van der Waals surface area contributed by atoms with Gasteiger partial charge in [-0.15, -0.1) is 12.4 Å². The number of benzene rings is 2. The standard InChI is InChI=1S/C23H18N4O.ClH/c24-13-19-8-6-18(7-9-19)12-22-14-25-17-26(22)15-20-10-11-23(27(28)16-20)21-4-2-1-3-5-21;/h1-11,14,16-17H,12,15H2;1H. The van der Waals surface area contributed by atoms with Gasteiger partial charge < -0.3 is 9.77 Å². The van der Waals surface area contributed by atoms with Gasteiger partial charge in [0.25, 0.3) is 0 Å². The average molecular weight is 403 g/mol. The highest BCUT2D eigenvalue weighted by molar-refractivity contribution is 5.85. The van der Waals surface area contributed by atoms with Crippen LogP contribution in [0.25, 0.3) is 11.3 Å². The molecule has 144 valence electrons. The number of nitriles is 1. The summed E-state index contributed by atoms with van der Waals surface area (Å²) in [5.74, 6) is 0. The largest absolute Gasteiger partial charge is 0.618 e. The van der Waals surface area contributed by atoms with Gasteiger partial charge in [0.15, 0.2) is 6.20 Å². The van der Waals surface area contributed by atoms with E-state index in [-0.39, 0.29) is 12.4 Å². The molecule has 2 heterocycles. The fraction of sp³-hybridized carbons (Fsp3) is 0.0870. The van der Waals surface area contributed by atoms with Crippen LogP contribution < -0.4 is 4.73 Å². The lowest BCUT2D eigenvalue weighted by Crippen LogP contribution is -2.29. The van der Waals surface area contributed by atoms with Gasteiger partial charge >= 0.3 is 0 Å². The molecule has 29 heavy (non-hydrogen) atoms. The van der Waals surface area contributed by atoms with Crippen LogP contribution in [-0.2, 0) is 13.0 Å². The molecule has 0 unspecified atom stereocenters. The second kappa shape index (κ2) is 9.05. The molecular formula is C23H19ClN4O. The van der Waals surface area contributed by atoms with Crippen LogP contribution in [0.1, 0.15) is 22.4 Å².